The van der Waals surface area contributed by atoms with Crippen molar-refractivity contribution in [3.8, 4) is 0 Å². The molecule has 0 saturated carbocycles. The van der Waals surface area contributed by atoms with Gasteiger partial charge in [-0.2, -0.15) is 0 Å². The number of methoxy groups -OCH3 is 2. The zero-order valence-corrected chi connectivity index (χ0v) is 15.3. The quantitative estimate of drug-likeness (QED) is 0.747. The van der Waals surface area contributed by atoms with Crippen LogP contribution >= 0.6 is 0 Å². The molecule has 25 heavy (non-hydrogen) atoms. The fourth-order valence-electron chi connectivity index (χ4n) is 4.27. The number of rotatable bonds is 7. The Morgan fingerprint density at radius 2 is 1.92 bits per heavy atom. The van der Waals surface area contributed by atoms with Crippen LogP contribution in [0.1, 0.15) is 18.4 Å². The van der Waals surface area contributed by atoms with Crippen molar-refractivity contribution in [2.45, 2.75) is 19.4 Å². The molecule has 0 unspecified atom stereocenters. The average Bonchev–Trinajstić information content (AvgIpc) is 2.89. The molecule has 1 amide bonds. The monoisotopic (exact) mass is 347 g/mol. The van der Waals surface area contributed by atoms with Crippen LogP contribution in [-0.4, -0.2) is 74.3 Å². The molecule has 2 fully saturated rings. The van der Waals surface area contributed by atoms with E-state index >= 15 is 0 Å². The molecular weight excluding hydrogens is 318 g/mol. The maximum atomic E-state index is 12.8. The predicted molar refractivity (Wildman–Crippen MR) is 95.0 cm³/mol. The van der Waals surface area contributed by atoms with E-state index in [0.717, 1.165) is 39.0 Å². The Morgan fingerprint density at radius 1 is 1.20 bits per heavy atom. The molecule has 6 nitrogen and oxygen atoms in total. The van der Waals surface area contributed by atoms with E-state index in [9.17, 15) is 4.79 Å². The lowest BCUT2D eigenvalue weighted by Gasteiger charge is -2.41. The lowest BCUT2D eigenvalue weighted by molar-refractivity contribution is -0.134. The summed E-state index contributed by atoms with van der Waals surface area (Å²) in [6.07, 6.45) is 5.78. The van der Waals surface area contributed by atoms with E-state index in [4.69, 9.17) is 9.47 Å². The molecule has 1 spiro atoms. The van der Waals surface area contributed by atoms with Gasteiger partial charge in [-0.3, -0.25) is 14.7 Å². The molecule has 6 heteroatoms. The number of hydrogen-bond acceptors (Lipinski definition) is 5. The summed E-state index contributed by atoms with van der Waals surface area (Å²) in [5, 5.41) is 0. The number of likely N-dealkylation sites (tertiary alicyclic amines) is 2. The molecule has 0 aromatic carbocycles. The lowest BCUT2D eigenvalue weighted by atomic mass is 9.71. The molecule has 138 valence electrons. The Kier molecular flexibility index (Phi) is 6.04. The zero-order valence-electron chi connectivity index (χ0n) is 15.3. The molecule has 0 radical (unpaired) electrons. The third-order valence-corrected chi connectivity index (χ3v) is 5.76. The second kappa shape index (κ2) is 8.25. The van der Waals surface area contributed by atoms with Crippen LogP contribution in [-0.2, 0) is 20.8 Å². The number of pyridine rings is 1. The van der Waals surface area contributed by atoms with Crippen molar-refractivity contribution >= 4 is 5.91 Å². The average molecular weight is 347 g/mol. The summed E-state index contributed by atoms with van der Waals surface area (Å²) in [6.45, 7) is 5.63. The fraction of sp³-hybridized carbons (Fsp3) is 0.684. The molecule has 2 aliphatic rings. The Bertz CT molecular complexity index is 558. The summed E-state index contributed by atoms with van der Waals surface area (Å²) >= 11 is 0. The van der Waals surface area contributed by atoms with Gasteiger partial charge in [-0.15, -0.1) is 0 Å². The lowest BCUT2D eigenvalue weighted by Crippen LogP contribution is -2.45. The van der Waals surface area contributed by atoms with E-state index in [0.29, 0.717) is 19.8 Å². The number of ether oxygens (including phenoxy) is 2. The standard InChI is InChI=1S/C19H29N3O3/c1-24-12-11-22-15-19(17(14-25-2)18(22)23)5-9-21(10-6-19)13-16-3-7-20-8-4-16/h3-4,7-8,17H,5-6,9-15H2,1-2H3/t17-/m0/s1. The highest BCUT2D eigenvalue weighted by Crippen LogP contribution is 2.45. The summed E-state index contributed by atoms with van der Waals surface area (Å²) in [5.41, 5.74) is 1.35. The van der Waals surface area contributed by atoms with Gasteiger partial charge in [0.15, 0.2) is 0 Å². The van der Waals surface area contributed by atoms with E-state index in [-0.39, 0.29) is 17.2 Å². The maximum absolute atomic E-state index is 12.8. The number of aromatic nitrogens is 1. The largest absolute Gasteiger partial charge is 0.384 e. The van der Waals surface area contributed by atoms with Crippen LogP contribution in [0.3, 0.4) is 0 Å². The van der Waals surface area contributed by atoms with E-state index < -0.39 is 0 Å². The fourth-order valence-corrected chi connectivity index (χ4v) is 4.27. The van der Waals surface area contributed by atoms with Crippen molar-refractivity contribution in [3.63, 3.8) is 0 Å². The van der Waals surface area contributed by atoms with Gasteiger partial charge in [0, 0.05) is 51.7 Å². The highest BCUT2D eigenvalue weighted by Gasteiger charge is 2.52. The van der Waals surface area contributed by atoms with Gasteiger partial charge in [0.25, 0.3) is 0 Å². The Hall–Kier alpha value is -1.50. The van der Waals surface area contributed by atoms with Crippen LogP contribution < -0.4 is 0 Å². The molecular formula is C19H29N3O3. The van der Waals surface area contributed by atoms with Gasteiger partial charge in [-0.1, -0.05) is 0 Å². The van der Waals surface area contributed by atoms with Crippen LogP contribution in [0.25, 0.3) is 0 Å². The molecule has 3 heterocycles. The van der Waals surface area contributed by atoms with Crippen molar-refractivity contribution in [1.82, 2.24) is 14.8 Å². The topological polar surface area (TPSA) is 54.9 Å². The van der Waals surface area contributed by atoms with E-state index in [2.05, 4.69) is 22.0 Å². The van der Waals surface area contributed by atoms with Crippen LogP contribution in [0.15, 0.2) is 24.5 Å². The smallest absolute Gasteiger partial charge is 0.228 e. The summed E-state index contributed by atoms with van der Waals surface area (Å²) in [5.74, 6) is 0.221. The van der Waals surface area contributed by atoms with Crippen LogP contribution in [0.2, 0.25) is 0 Å². The first-order chi connectivity index (χ1) is 12.2. The molecule has 0 bridgehead atoms. The molecule has 0 N–H and O–H groups in total. The van der Waals surface area contributed by atoms with E-state index in [1.807, 2.05) is 17.3 Å². The Balaban J connectivity index is 1.63. The molecule has 0 aliphatic carbocycles. The van der Waals surface area contributed by atoms with Gasteiger partial charge >= 0.3 is 0 Å². The SMILES string of the molecule is COCCN1CC2(CCN(Cc3ccncc3)CC2)[C@@H](COC)C1=O. The molecule has 3 rings (SSSR count). The van der Waals surface area contributed by atoms with Crippen molar-refractivity contribution < 1.29 is 14.3 Å². The van der Waals surface area contributed by atoms with E-state index in [1.165, 1.54) is 5.56 Å². The molecule has 2 saturated heterocycles. The zero-order chi connectivity index (χ0) is 17.7. The summed E-state index contributed by atoms with van der Waals surface area (Å²) < 4.78 is 10.6. The second-order valence-electron chi connectivity index (χ2n) is 7.25. The summed E-state index contributed by atoms with van der Waals surface area (Å²) in [7, 11) is 3.37. The minimum atomic E-state index is -0.0163. The number of carbonyl (C=O) groups excluding carboxylic acids is 1. The van der Waals surface area contributed by atoms with Crippen molar-refractivity contribution in [3.05, 3.63) is 30.1 Å². The minimum Gasteiger partial charge on any atom is -0.384 e. The van der Waals surface area contributed by atoms with Crippen LogP contribution in [0, 0.1) is 11.3 Å². The van der Waals surface area contributed by atoms with Gasteiger partial charge in [0.05, 0.1) is 19.1 Å². The van der Waals surface area contributed by atoms with Crippen molar-refractivity contribution in [2.75, 3.05) is 53.6 Å². The van der Waals surface area contributed by atoms with Gasteiger partial charge in [0.2, 0.25) is 5.91 Å². The number of nitrogens with zero attached hydrogens (tertiary/aromatic N) is 3. The van der Waals surface area contributed by atoms with Crippen LogP contribution in [0.5, 0.6) is 0 Å². The number of piperidine rings is 1. The number of carbonyl (C=O) groups is 1. The van der Waals surface area contributed by atoms with Gasteiger partial charge in [-0.25, -0.2) is 0 Å². The predicted octanol–water partition coefficient (Wildman–Crippen LogP) is 1.41. The van der Waals surface area contributed by atoms with Crippen LogP contribution in [0.4, 0.5) is 0 Å². The molecule has 1 aromatic rings. The van der Waals surface area contributed by atoms with Crippen molar-refractivity contribution in [1.29, 1.82) is 0 Å². The van der Waals surface area contributed by atoms with E-state index in [1.54, 1.807) is 14.2 Å². The number of amides is 1. The summed E-state index contributed by atoms with van der Waals surface area (Å²) in [4.78, 5) is 21.4. The highest BCUT2D eigenvalue weighted by atomic mass is 16.5. The first-order valence-corrected chi connectivity index (χ1v) is 9.06. The third-order valence-electron chi connectivity index (χ3n) is 5.76. The first-order valence-electron chi connectivity index (χ1n) is 9.06. The van der Waals surface area contributed by atoms with Gasteiger partial charge < -0.3 is 14.4 Å². The third kappa shape index (κ3) is 4.02. The normalized spacial score (nSPS) is 23.5. The minimum absolute atomic E-state index is 0.0163. The number of hydrogen-bond donors (Lipinski definition) is 0. The van der Waals surface area contributed by atoms with Gasteiger partial charge in [0.1, 0.15) is 0 Å². The summed E-state index contributed by atoms with van der Waals surface area (Å²) in [6, 6.07) is 4.15. The molecule has 2 aliphatic heterocycles. The Morgan fingerprint density at radius 3 is 2.56 bits per heavy atom. The molecule has 1 atom stereocenters. The first kappa shape index (κ1) is 18.3. The van der Waals surface area contributed by atoms with Gasteiger partial charge in [-0.05, 0) is 43.6 Å². The Labute approximate surface area is 150 Å². The molecule has 1 aromatic heterocycles. The maximum Gasteiger partial charge on any atom is 0.228 e. The van der Waals surface area contributed by atoms with Crippen molar-refractivity contribution in [2.24, 2.45) is 11.3 Å². The second-order valence-corrected chi connectivity index (χ2v) is 7.25. The highest BCUT2D eigenvalue weighted by molar-refractivity contribution is 5.82.